The fourth-order valence-corrected chi connectivity index (χ4v) is 2.77. The third-order valence-electron chi connectivity index (χ3n) is 4.34. The number of nitrogens with one attached hydrogen (secondary N) is 1. The van der Waals surface area contributed by atoms with Crippen LogP contribution in [0.2, 0.25) is 0 Å². The number of fused-ring (bicyclic) bond motifs is 1. The lowest BCUT2D eigenvalue weighted by Gasteiger charge is -2.12. The number of anilines is 1. The lowest BCUT2D eigenvalue weighted by atomic mass is 10.0. The predicted octanol–water partition coefficient (Wildman–Crippen LogP) is 4.84. The maximum atomic E-state index is 13.8. The summed E-state index contributed by atoms with van der Waals surface area (Å²) in [6.07, 6.45) is 1.66. The Balaban J connectivity index is 2.07. The molecule has 26 heavy (non-hydrogen) atoms. The third kappa shape index (κ3) is 3.31. The topological polar surface area (TPSA) is 59.8 Å². The standard InChI is InChI=1S/C20H23FN4O/c1-11(2)18-9-15(16-10-22-25(12(3)4)19(16)24-18)20(26)23-14-7-6-13(5)17(21)8-14/h6-12H,1-5H3,(H,23,26). The Labute approximate surface area is 152 Å². The number of carbonyl (C=O) groups excluding carboxylic acids is 1. The van der Waals surface area contributed by atoms with Crippen LogP contribution in [-0.4, -0.2) is 20.7 Å². The molecule has 3 aromatic rings. The molecule has 6 heteroatoms. The second-order valence-corrected chi connectivity index (χ2v) is 7.09. The molecule has 0 unspecified atom stereocenters. The summed E-state index contributed by atoms with van der Waals surface area (Å²) in [6, 6.07) is 6.58. The Bertz CT molecular complexity index is 975. The zero-order valence-electron chi connectivity index (χ0n) is 15.7. The third-order valence-corrected chi connectivity index (χ3v) is 4.34. The molecule has 0 aliphatic heterocycles. The molecule has 0 saturated carbocycles. The highest BCUT2D eigenvalue weighted by Gasteiger charge is 2.19. The first-order valence-corrected chi connectivity index (χ1v) is 8.73. The Hall–Kier alpha value is -2.76. The molecule has 2 aromatic heterocycles. The largest absolute Gasteiger partial charge is 0.322 e. The minimum Gasteiger partial charge on any atom is -0.322 e. The molecule has 3 rings (SSSR count). The molecule has 2 heterocycles. The molecule has 0 aliphatic carbocycles. The number of pyridine rings is 1. The highest BCUT2D eigenvalue weighted by molar-refractivity contribution is 6.12. The van der Waals surface area contributed by atoms with E-state index in [-0.39, 0.29) is 23.7 Å². The van der Waals surface area contributed by atoms with Crippen molar-refractivity contribution in [1.82, 2.24) is 14.8 Å². The van der Waals surface area contributed by atoms with Crippen LogP contribution in [-0.2, 0) is 0 Å². The normalized spacial score (nSPS) is 11.5. The van der Waals surface area contributed by atoms with Crippen LogP contribution in [0.3, 0.4) is 0 Å². The van der Waals surface area contributed by atoms with Crippen LogP contribution >= 0.6 is 0 Å². The van der Waals surface area contributed by atoms with Gasteiger partial charge in [0, 0.05) is 17.4 Å². The van der Waals surface area contributed by atoms with Crippen LogP contribution in [0, 0.1) is 12.7 Å². The number of amides is 1. The monoisotopic (exact) mass is 354 g/mol. The average molecular weight is 354 g/mol. The molecule has 1 amide bonds. The SMILES string of the molecule is Cc1ccc(NC(=O)c2cc(C(C)C)nc3c2cnn3C(C)C)cc1F. The second-order valence-electron chi connectivity index (χ2n) is 7.09. The van der Waals surface area contributed by atoms with E-state index in [0.717, 1.165) is 5.69 Å². The number of hydrogen-bond donors (Lipinski definition) is 1. The molecule has 136 valence electrons. The number of halogens is 1. The highest BCUT2D eigenvalue weighted by atomic mass is 19.1. The van der Waals surface area contributed by atoms with Gasteiger partial charge in [0.2, 0.25) is 0 Å². The van der Waals surface area contributed by atoms with E-state index in [1.165, 1.54) is 6.07 Å². The quantitative estimate of drug-likeness (QED) is 0.729. The van der Waals surface area contributed by atoms with E-state index >= 15 is 0 Å². The van der Waals surface area contributed by atoms with Gasteiger partial charge in [0.15, 0.2) is 5.65 Å². The summed E-state index contributed by atoms with van der Waals surface area (Å²) in [5.41, 5.74) is 2.96. The van der Waals surface area contributed by atoms with Gasteiger partial charge in [0.25, 0.3) is 5.91 Å². The van der Waals surface area contributed by atoms with Crippen LogP contribution in [0.5, 0.6) is 0 Å². The van der Waals surface area contributed by atoms with E-state index < -0.39 is 0 Å². The zero-order chi connectivity index (χ0) is 19.0. The zero-order valence-corrected chi connectivity index (χ0v) is 15.7. The Morgan fingerprint density at radius 3 is 2.54 bits per heavy atom. The van der Waals surface area contributed by atoms with Crippen LogP contribution in [0.1, 0.15) is 61.3 Å². The maximum Gasteiger partial charge on any atom is 0.256 e. The molecule has 0 fully saturated rings. The molecule has 1 N–H and O–H groups in total. The van der Waals surface area contributed by atoms with Crippen molar-refractivity contribution in [3.05, 3.63) is 53.1 Å². The highest BCUT2D eigenvalue weighted by Crippen LogP contribution is 2.25. The fourth-order valence-electron chi connectivity index (χ4n) is 2.77. The molecule has 0 spiro atoms. The van der Waals surface area contributed by atoms with Crippen LogP contribution < -0.4 is 5.32 Å². The number of hydrogen-bond acceptors (Lipinski definition) is 3. The van der Waals surface area contributed by atoms with Crippen molar-refractivity contribution in [2.75, 3.05) is 5.32 Å². The number of carbonyl (C=O) groups is 1. The Morgan fingerprint density at radius 2 is 1.92 bits per heavy atom. The van der Waals surface area contributed by atoms with Gasteiger partial charge in [-0.3, -0.25) is 4.79 Å². The Morgan fingerprint density at radius 1 is 1.19 bits per heavy atom. The van der Waals surface area contributed by atoms with E-state index in [1.54, 1.807) is 31.3 Å². The van der Waals surface area contributed by atoms with Crippen molar-refractivity contribution in [3.63, 3.8) is 0 Å². The first-order chi connectivity index (χ1) is 12.3. The minimum absolute atomic E-state index is 0.129. The summed E-state index contributed by atoms with van der Waals surface area (Å²) < 4.78 is 15.6. The lowest BCUT2D eigenvalue weighted by Crippen LogP contribution is -2.14. The summed E-state index contributed by atoms with van der Waals surface area (Å²) in [6.45, 7) is 9.78. The van der Waals surface area contributed by atoms with Gasteiger partial charge < -0.3 is 5.32 Å². The van der Waals surface area contributed by atoms with Crippen molar-refractivity contribution >= 4 is 22.6 Å². The summed E-state index contributed by atoms with van der Waals surface area (Å²) in [5.74, 6) is -0.484. The second kappa shape index (κ2) is 6.86. The molecule has 0 bridgehead atoms. The smallest absolute Gasteiger partial charge is 0.256 e. The molecule has 0 saturated heterocycles. The van der Waals surface area contributed by atoms with E-state index in [2.05, 4.69) is 10.4 Å². The number of nitrogens with zero attached hydrogens (tertiary/aromatic N) is 3. The van der Waals surface area contributed by atoms with Gasteiger partial charge >= 0.3 is 0 Å². The van der Waals surface area contributed by atoms with Crippen molar-refractivity contribution in [1.29, 1.82) is 0 Å². The molecule has 0 aliphatic rings. The molecule has 0 atom stereocenters. The maximum absolute atomic E-state index is 13.8. The number of aromatic nitrogens is 3. The van der Waals surface area contributed by atoms with Crippen LogP contribution in [0.25, 0.3) is 11.0 Å². The van der Waals surface area contributed by atoms with Crippen molar-refractivity contribution < 1.29 is 9.18 Å². The van der Waals surface area contributed by atoms with Crippen LogP contribution in [0.4, 0.5) is 10.1 Å². The van der Waals surface area contributed by atoms with Gasteiger partial charge in [-0.15, -0.1) is 0 Å². The van der Waals surface area contributed by atoms with Gasteiger partial charge in [0.1, 0.15) is 5.82 Å². The summed E-state index contributed by atoms with van der Waals surface area (Å²) in [4.78, 5) is 17.6. The predicted molar refractivity (Wildman–Crippen MR) is 101 cm³/mol. The molecule has 0 radical (unpaired) electrons. The number of rotatable bonds is 4. The number of aryl methyl sites for hydroxylation is 1. The van der Waals surface area contributed by atoms with Crippen LogP contribution in [0.15, 0.2) is 30.5 Å². The van der Waals surface area contributed by atoms with Gasteiger partial charge in [0.05, 0.1) is 17.1 Å². The number of benzene rings is 1. The summed E-state index contributed by atoms with van der Waals surface area (Å²) in [5, 5.41) is 7.85. The van der Waals surface area contributed by atoms with E-state index in [9.17, 15) is 9.18 Å². The lowest BCUT2D eigenvalue weighted by molar-refractivity contribution is 0.102. The van der Waals surface area contributed by atoms with Crippen molar-refractivity contribution in [2.24, 2.45) is 0 Å². The molecule has 5 nitrogen and oxygen atoms in total. The first-order valence-electron chi connectivity index (χ1n) is 8.73. The molecule has 1 aromatic carbocycles. The molecular formula is C20H23FN4O. The summed E-state index contributed by atoms with van der Waals surface area (Å²) in [7, 11) is 0. The van der Waals surface area contributed by atoms with Gasteiger partial charge in [-0.25, -0.2) is 14.1 Å². The van der Waals surface area contributed by atoms with Gasteiger partial charge in [-0.2, -0.15) is 5.10 Å². The fraction of sp³-hybridized carbons (Fsp3) is 0.350. The van der Waals surface area contributed by atoms with Gasteiger partial charge in [-0.1, -0.05) is 19.9 Å². The molecular weight excluding hydrogens is 331 g/mol. The van der Waals surface area contributed by atoms with Gasteiger partial charge in [-0.05, 0) is 50.5 Å². The van der Waals surface area contributed by atoms with E-state index in [0.29, 0.717) is 27.8 Å². The Kier molecular flexibility index (Phi) is 4.76. The van der Waals surface area contributed by atoms with E-state index in [4.69, 9.17) is 4.98 Å². The summed E-state index contributed by atoms with van der Waals surface area (Å²) >= 11 is 0. The van der Waals surface area contributed by atoms with E-state index in [1.807, 2.05) is 32.4 Å². The minimum atomic E-state index is -0.349. The van der Waals surface area contributed by atoms with Crippen molar-refractivity contribution in [3.8, 4) is 0 Å². The first kappa shape index (κ1) is 18.0. The average Bonchev–Trinajstić information content (AvgIpc) is 3.01. The van der Waals surface area contributed by atoms with Crippen molar-refractivity contribution in [2.45, 2.75) is 46.6 Å².